The molecule has 0 bridgehead atoms. The predicted molar refractivity (Wildman–Crippen MR) is 90.0 cm³/mol. The number of likely N-dealkylation sites (N-methyl/N-ethyl adjacent to an activating group) is 1. The molecule has 1 heterocycles. The molecule has 1 fully saturated rings. The van der Waals surface area contributed by atoms with Crippen LogP contribution >= 0.6 is 11.6 Å². The van der Waals surface area contributed by atoms with Gasteiger partial charge < -0.3 is 19.8 Å². The van der Waals surface area contributed by atoms with Crippen LogP contribution in [-0.4, -0.2) is 47.2 Å². The Morgan fingerprint density at radius 3 is 2.19 bits per heavy atom. The third-order valence-electron chi connectivity index (χ3n) is 4.48. The average Bonchev–Trinajstić information content (AvgIpc) is 2.52. The summed E-state index contributed by atoms with van der Waals surface area (Å²) in [6.07, 6.45) is -4.81. The number of rotatable bonds is 4. The maximum Gasteiger partial charge on any atom is 0.573 e. The summed E-state index contributed by atoms with van der Waals surface area (Å²) in [5.41, 5.74) is -2.77. The highest BCUT2D eigenvalue weighted by molar-refractivity contribution is 6.30. The molecule has 1 aliphatic heterocycles. The topological polar surface area (TPSA) is 52.9 Å². The predicted octanol–water partition coefficient (Wildman–Crippen LogP) is 3.15. The average molecular weight is 388 g/mol. The van der Waals surface area contributed by atoms with Crippen molar-refractivity contribution in [3.8, 4) is 5.75 Å². The number of benzene rings is 2. The maximum absolute atomic E-state index is 12.3. The van der Waals surface area contributed by atoms with Crippen LogP contribution in [0, 0.1) is 0 Å². The van der Waals surface area contributed by atoms with Crippen LogP contribution in [0.15, 0.2) is 48.5 Å². The smallest absolute Gasteiger partial charge is 0.406 e. The van der Waals surface area contributed by atoms with Crippen LogP contribution < -0.4 is 4.74 Å². The van der Waals surface area contributed by atoms with E-state index in [1.54, 1.807) is 25.2 Å². The Morgan fingerprint density at radius 1 is 1.08 bits per heavy atom. The highest BCUT2D eigenvalue weighted by Gasteiger charge is 2.57. The minimum Gasteiger partial charge on any atom is -0.406 e. The van der Waals surface area contributed by atoms with Crippen molar-refractivity contribution in [1.82, 2.24) is 4.90 Å². The van der Waals surface area contributed by atoms with Crippen LogP contribution in [0.4, 0.5) is 13.2 Å². The SMILES string of the molecule is CN1CC(O)(C(O)(c2ccc(OC(F)(F)F)cc2)c2cccc(Cl)c2)C1. The Hall–Kier alpha value is -1.80. The summed E-state index contributed by atoms with van der Waals surface area (Å²) >= 11 is 6.03. The largest absolute Gasteiger partial charge is 0.573 e. The van der Waals surface area contributed by atoms with Gasteiger partial charge in [0.2, 0.25) is 0 Å². The first kappa shape index (κ1) is 19.0. The van der Waals surface area contributed by atoms with E-state index in [1.165, 1.54) is 18.2 Å². The third-order valence-corrected chi connectivity index (χ3v) is 4.72. The van der Waals surface area contributed by atoms with E-state index >= 15 is 0 Å². The van der Waals surface area contributed by atoms with Gasteiger partial charge in [-0.1, -0.05) is 35.9 Å². The molecule has 0 radical (unpaired) electrons. The van der Waals surface area contributed by atoms with Gasteiger partial charge in [-0.2, -0.15) is 0 Å². The minimum atomic E-state index is -4.81. The summed E-state index contributed by atoms with van der Waals surface area (Å²) in [7, 11) is 1.78. The Morgan fingerprint density at radius 2 is 1.69 bits per heavy atom. The van der Waals surface area contributed by atoms with Gasteiger partial charge in [-0.15, -0.1) is 13.2 Å². The van der Waals surface area contributed by atoms with Gasteiger partial charge in [-0.05, 0) is 42.4 Å². The van der Waals surface area contributed by atoms with Gasteiger partial charge in [0.05, 0.1) is 0 Å². The normalized spacial score (nSPS) is 19.5. The first-order valence-electron chi connectivity index (χ1n) is 7.79. The lowest BCUT2D eigenvalue weighted by atomic mass is 9.69. The molecule has 26 heavy (non-hydrogen) atoms. The second-order valence-electron chi connectivity index (χ2n) is 6.50. The van der Waals surface area contributed by atoms with Crippen molar-refractivity contribution in [1.29, 1.82) is 0 Å². The van der Waals surface area contributed by atoms with Gasteiger partial charge in [-0.25, -0.2) is 0 Å². The number of hydrogen-bond acceptors (Lipinski definition) is 4. The molecule has 2 aromatic rings. The van der Waals surface area contributed by atoms with Gasteiger partial charge in [-0.3, -0.25) is 0 Å². The van der Waals surface area contributed by atoms with Crippen LogP contribution in [0.25, 0.3) is 0 Å². The summed E-state index contributed by atoms with van der Waals surface area (Å²) in [6.45, 7) is 0.383. The van der Waals surface area contributed by atoms with E-state index in [0.29, 0.717) is 10.6 Å². The second-order valence-corrected chi connectivity index (χ2v) is 6.93. The van der Waals surface area contributed by atoms with E-state index in [4.69, 9.17) is 11.6 Å². The molecule has 2 aromatic carbocycles. The van der Waals surface area contributed by atoms with Crippen LogP contribution in [0.2, 0.25) is 5.02 Å². The van der Waals surface area contributed by atoms with Gasteiger partial charge in [0, 0.05) is 18.1 Å². The maximum atomic E-state index is 12.3. The molecular formula is C18H17ClF3NO3. The van der Waals surface area contributed by atoms with Gasteiger partial charge >= 0.3 is 6.36 Å². The van der Waals surface area contributed by atoms with Crippen LogP contribution in [0.5, 0.6) is 5.75 Å². The standard InChI is InChI=1S/C18H17ClF3NO3/c1-23-10-16(24,11-23)17(25,13-3-2-4-14(19)9-13)12-5-7-15(8-6-12)26-18(20,21)22/h2-9,24-25H,10-11H2,1H3. The fourth-order valence-electron chi connectivity index (χ4n) is 3.39. The Bertz CT molecular complexity index is 791. The lowest BCUT2D eigenvalue weighted by molar-refractivity contribution is -0.274. The fraction of sp³-hybridized carbons (Fsp3) is 0.333. The second kappa shape index (κ2) is 6.42. The van der Waals surface area contributed by atoms with Crippen molar-refractivity contribution in [2.24, 2.45) is 0 Å². The van der Waals surface area contributed by atoms with Crippen LogP contribution in [0.1, 0.15) is 11.1 Å². The molecule has 8 heteroatoms. The van der Waals surface area contributed by atoms with E-state index in [9.17, 15) is 23.4 Å². The molecule has 1 aliphatic rings. The molecule has 0 aromatic heterocycles. The van der Waals surface area contributed by atoms with Crippen molar-refractivity contribution >= 4 is 11.6 Å². The molecule has 1 atom stereocenters. The highest BCUT2D eigenvalue weighted by atomic mass is 35.5. The summed E-state index contributed by atoms with van der Waals surface area (Å²) in [6, 6.07) is 11.2. The zero-order chi connectivity index (χ0) is 19.2. The molecule has 1 saturated heterocycles. The number of halogens is 4. The Kier molecular flexibility index (Phi) is 4.69. The van der Waals surface area contributed by atoms with E-state index in [2.05, 4.69) is 4.74 Å². The molecule has 2 N–H and O–H groups in total. The van der Waals surface area contributed by atoms with Crippen molar-refractivity contribution in [2.45, 2.75) is 17.6 Å². The van der Waals surface area contributed by atoms with Crippen molar-refractivity contribution in [2.75, 3.05) is 20.1 Å². The molecule has 3 rings (SSSR count). The fourth-order valence-corrected chi connectivity index (χ4v) is 3.58. The van der Waals surface area contributed by atoms with E-state index in [0.717, 1.165) is 12.1 Å². The van der Waals surface area contributed by atoms with E-state index in [-0.39, 0.29) is 18.7 Å². The van der Waals surface area contributed by atoms with E-state index in [1.807, 2.05) is 4.90 Å². The summed E-state index contributed by atoms with van der Waals surface area (Å²) in [4.78, 5) is 1.82. The highest BCUT2D eigenvalue weighted by Crippen LogP contribution is 2.45. The molecule has 0 spiro atoms. The number of hydrogen-bond donors (Lipinski definition) is 2. The molecule has 140 valence electrons. The first-order valence-corrected chi connectivity index (χ1v) is 8.17. The monoisotopic (exact) mass is 387 g/mol. The Balaban J connectivity index is 2.04. The number of β-amino-alcohol motifs (C(OH)–C–C–N with tert-alkyl or cyclic N) is 1. The molecule has 0 saturated carbocycles. The van der Waals surface area contributed by atoms with Crippen molar-refractivity contribution in [3.63, 3.8) is 0 Å². The first-order chi connectivity index (χ1) is 12.0. The van der Waals surface area contributed by atoms with Crippen molar-refractivity contribution < 1.29 is 28.1 Å². The number of nitrogens with zero attached hydrogens (tertiary/aromatic N) is 1. The van der Waals surface area contributed by atoms with Gasteiger partial charge in [0.25, 0.3) is 0 Å². The summed E-state index contributed by atoms with van der Waals surface area (Å²) in [5.74, 6) is -0.410. The molecule has 1 unspecified atom stereocenters. The number of ether oxygens (including phenoxy) is 1. The molecule has 0 amide bonds. The lowest BCUT2D eigenvalue weighted by Gasteiger charge is -2.54. The van der Waals surface area contributed by atoms with Crippen LogP contribution in [0.3, 0.4) is 0 Å². The van der Waals surface area contributed by atoms with E-state index < -0.39 is 23.3 Å². The minimum absolute atomic E-state index is 0.191. The summed E-state index contributed by atoms with van der Waals surface area (Å²) in [5, 5.41) is 22.9. The van der Waals surface area contributed by atoms with Gasteiger partial charge in [0.1, 0.15) is 17.0 Å². The third kappa shape index (κ3) is 3.40. The number of aliphatic hydroxyl groups is 2. The summed E-state index contributed by atoms with van der Waals surface area (Å²) < 4.78 is 40.9. The number of alkyl halides is 3. The molecule has 4 nitrogen and oxygen atoms in total. The van der Waals surface area contributed by atoms with Gasteiger partial charge in [0.15, 0.2) is 0 Å². The number of likely N-dealkylation sites (tertiary alicyclic amines) is 1. The lowest BCUT2D eigenvalue weighted by Crippen LogP contribution is -2.70. The van der Waals surface area contributed by atoms with Crippen molar-refractivity contribution in [3.05, 3.63) is 64.7 Å². The zero-order valence-corrected chi connectivity index (χ0v) is 14.6. The van der Waals surface area contributed by atoms with Crippen LogP contribution in [-0.2, 0) is 5.60 Å². The molecular weight excluding hydrogens is 371 g/mol. The quantitative estimate of drug-likeness (QED) is 0.846. The zero-order valence-electron chi connectivity index (χ0n) is 13.8. The Labute approximate surface area is 153 Å². The molecule has 0 aliphatic carbocycles.